The summed E-state index contributed by atoms with van der Waals surface area (Å²) < 4.78 is 10.4. The van der Waals surface area contributed by atoms with Crippen LogP contribution in [-0.2, 0) is 11.3 Å². The first kappa shape index (κ1) is 14.8. The summed E-state index contributed by atoms with van der Waals surface area (Å²) in [6.07, 6.45) is 1.40. The molecule has 1 aromatic rings. The predicted octanol–water partition coefficient (Wildman–Crippen LogP) is 2.28. The number of hydrogen-bond donors (Lipinski definition) is 1. The van der Waals surface area contributed by atoms with Gasteiger partial charge in [0.2, 0.25) is 0 Å². The molecule has 6 heteroatoms. The van der Waals surface area contributed by atoms with Crippen LogP contribution in [0.3, 0.4) is 0 Å². The molecule has 0 spiro atoms. The maximum absolute atomic E-state index is 11.9. The molecule has 6 nitrogen and oxygen atoms in total. The Kier molecular flexibility index (Phi) is 4.32. The molecule has 0 saturated carbocycles. The zero-order chi connectivity index (χ0) is 14.8. The van der Waals surface area contributed by atoms with E-state index in [2.05, 4.69) is 5.16 Å². The summed E-state index contributed by atoms with van der Waals surface area (Å²) in [6, 6.07) is 1.79. The minimum absolute atomic E-state index is 0.135. The monoisotopic (exact) mass is 282 g/mol. The van der Waals surface area contributed by atoms with Crippen LogP contribution in [0.25, 0.3) is 0 Å². The van der Waals surface area contributed by atoms with Gasteiger partial charge in [-0.05, 0) is 33.6 Å². The Morgan fingerprint density at radius 2 is 2.15 bits per heavy atom. The van der Waals surface area contributed by atoms with Crippen LogP contribution in [0.5, 0.6) is 0 Å². The molecule has 112 valence electrons. The Morgan fingerprint density at radius 1 is 1.50 bits per heavy atom. The summed E-state index contributed by atoms with van der Waals surface area (Å²) in [5, 5.41) is 12.9. The summed E-state index contributed by atoms with van der Waals surface area (Å²) in [7, 11) is 0. The van der Waals surface area contributed by atoms with Crippen molar-refractivity contribution in [1.82, 2.24) is 10.1 Å². The number of piperidine rings is 1. The van der Waals surface area contributed by atoms with E-state index in [9.17, 15) is 4.79 Å². The molecule has 0 aliphatic carbocycles. The zero-order valence-electron chi connectivity index (χ0n) is 12.3. The van der Waals surface area contributed by atoms with Gasteiger partial charge in [-0.25, -0.2) is 4.79 Å². The molecule has 0 atom stereocenters. The van der Waals surface area contributed by atoms with E-state index in [1.165, 1.54) is 0 Å². The van der Waals surface area contributed by atoms with Crippen LogP contribution in [-0.4, -0.2) is 39.9 Å². The molecule has 0 radical (unpaired) electrons. The van der Waals surface area contributed by atoms with Crippen molar-refractivity contribution in [1.29, 1.82) is 0 Å². The standard InChI is InChI=1S/C14H22N2O4/c1-14(2,3)19-13(18)16-6-4-10(5-7-16)12-8-11(9-17)20-15-12/h8,10,17H,4-7,9H2,1-3H3. The van der Waals surface area contributed by atoms with Crippen molar-refractivity contribution in [2.45, 2.75) is 51.7 Å². The SMILES string of the molecule is CC(C)(C)OC(=O)N1CCC(c2cc(CO)on2)CC1. The van der Waals surface area contributed by atoms with Gasteiger partial charge in [0.1, 0.15) is 12.2 Å². The fourth-order valence-corrected chi connectivity index (χ4v) is 2.28. The largest absolute Gasteiger partial charge is 0.444 e. The average Bonchev–Trinajstić information content (AvgIpc) is 2.85. The fraction of sp³-hybridized carbons (Fsp3) is 0.714. The van der Waals surface area contributed by atoms with Crippen LogP contribution in [0.4, 0.5) is 4.79 Å². The van der Waals surface area contributed by atoms with Crippen molar-refractivity contribution >= 4 is 6.09 Å². The third-order valence-corrected chi connectivity index (χ3v) is 3.30. The fourth-order valence-electron chi connectivity index (χ4n) is 2.28. The number of carbonyl (C=O) groups excluding carboxylic acids is 1. The molecule has 1 aliphatic heterocycles. The molecule has 1 N–H and O–H groups in total. The second-order valence-electron chi connectivity index (χ2n) is 6.12. The number of rotatable bonds is 2. The normalized spacial score (nSPS) is 17.3. The van der Waals surface area contributed by atoms with Gasteiger partial charge in [-0.15, -0.1) is 0 Å². The minimum Gasteiger partial charge on any atom is -0.444 e. The highest BCUT2D eigenvalue weighted by molar-refractivity contribution is 5.68. The summed E-state index contributed by atoms with van der Waals surface area (Å²) in [5.74, 6) is 0.757. The summed E-state index contributed by atoms with van der Waals surface area (Å²) in [4.78, 5) is 13.7. The van der Waals surface area contributed by atoms with E-state index in [1.54, 1.807) is 11.0 Å². The van der Waals surface area contributed by atoms with E-state index in [0.29, 0.717) is 18.8 Å². The number of hydrogen-bond acceptors (Lipinski definition) is 5. The van der Waals surface area contributed by atoms with E-state index >= 15 is 0 Å². The molecular formula is C14H22N2O4. The van der Waals surface area contributed by atoms with Crippen molar-refractivity contribution < 1.29 is 19.2 Å². The molecule has 1 saturated heterocycles. The second kappa shape index (κ2) is 5.83. The molecule has 1 aromatic heterocycles. The smallest absolute Gasteiger partial charge is 0.410 e. The highest BCUT2D eigenvalue weighted by atomic mass is 16.6. The van der Waals surface area contributed by atoms with E-state index in [1.807, 2.05) is 20.8 Å². The minimum atomic E-state index is -0.462. The number of nitrogens with zero attached hydrogens (tertiary/aromatic N) is 2. The van der Waals surface area contributed by atoms with E-state index in [4.69, 9.17) is 14.4 Å². The lowest BCUT2D eigenvalue weighted by Gasteiger charge is -2.32. The van der Waals surface area contributed by atoms with Crippen molar-refractivity contribution in [2.75, 3.05) is 13.1 Å². The van der Waals surface area contributed by atoms with E-state index in [-0.39, 0.29) is 18.6 Å². The molecule has 0 unspecified atom stereocenters. The van der Waals surface area contributed by atoms with Gasteiger partial charge in [-0.1, -0.05) is 5.16 Å². The van der Waals surface area contributed by atoms with Crippen molar-refractivity contribution in [3.63, 3.8) is 0 Å². The van der Waals surface area contributed by atoms with Gasteiger partial charge in [0.25, 0.3) is 0 Å². The van der Waals surface area contributed by atoms with Crippen LogP contribution in [0.2, 0.25) is 0 Å². The molecule has 0 bridgehead atoms. The Bertz CT molecular complexity index is 456. The Balaban J connectivity index is 1.87. The van der Waals surface area contributed by atoms with Crippen LogP contribution < -0.4 is 0 Å². The molecule has 1 amide bonds. The number of aliphatic hydroxyl groups excluding tert-OH is 1. The van der Waals surface area contributed by atoms with Gasteiger partial charge >= 0.3 is 6.09 Å². The van der Waals surface area contributed by atoms with Crippen LogP contribution >= 0.6 is 0 Å². The predicted molar refractivity (Wildman–Crippen MR) is 72.2 cm³/mol. The molecule has 1 aliphatic rings. The summed E-state index contributed by atoms with van der Waals surface area (Å²) in [6.45, 7) is 6.77. The van der Waals surface area contributed by atoms with Gasteiger partial charge in [-0.2, -0.15) is 0 Å². The van der Waals surface area contributed by atoms with Crippen molar-refractivity contribution in [2.24, 2.45) is 0 Å². The third kappa shape index (κ3) is 3.72. The second-order valence-corrected chi connectivity index (χ2v) is 6.12. The van der Waals surface area contributed by atoms with Gasteiger partial charge in [0.05, 0.1) is 5.69 Å². The third-order valence-electron chi connectivity index (χ3n) is 3.30. The molecule has 0 aromatic carbocycles. The molecule has 2 rings (SSSR count). The number of ether oxygens (including phenoxy) is 1. The van der Waals surface area contributed by atoms with E-state index < -0.39 is 5.60 Å². The van der Waals surface area contributed by atoms with Gasteiger partial charge < -0.3 is 19.3 Å². The average molecular weight is 282 g/mol. The topological polar surface area (TPSA) is 75.8 Å². The van der Waals surface area contributed by atoms with Crippen LogP contribution in [0, 0.1) is 0 Å². The number of amides is 1. The zero-order valence-corrected chi connectivity index (χ0v) is 12.3. The maximum Gasteiger partial charge on any atom is 0.410 e. The van der Waals surface area contributed by atoms with Crippen LogP contribution in [0.1, 0.15) is 51.0 Å². The van der Waals surface area contributed by atoms with Gasteiger partial charge in [0.15, 0.2) is 5.76 Å². The lowest BCUT2D eigenvalue weighted by molar-refractivity contribution is 0.0203. The van der Waals surface area contributed by atoms with Gasteiger partial charge in [-0.3, -0.25) is 0 Å². The first-order valence-corrected chi connectivity index (χ1v) is 6.93. The lowest BCUT2D eigenvalue weighted by atomic mass is 9.93. The van der Waals surface area contributed by atoms with Crippen molar-refractivity contribution in [3.05, 3.63) is 17.5 Å². The number of aliphatic hydroxyl groups is 1. The van der Waals surface area contributed by atoms with Gasteiger partial charge in [0, 0.05) is 25.1 Å². The summed E-state index contributed by atoms with van der Waals surface area (Å²) >= 11 is 0. The number of aromatic nitrogens is 1. The molecular weight excluding hydrogens is 260 g/mol. The Labute approximate surface area is 118 Å². The maximum atomic E-state index is 11.9. The van der Waals surface area contributed by atoms with Crippen molar-refractivity contribution in [3.8, 4) is 0 Å². The Hall–Kier alpha value is -1.56. The highest BCUT2D eigenvalue weighted by Crippen LogP contribution is 2.28. The van der Waals surface area contributed by atoms with Crippen LogP contribution in [0.15, 0.2) is 10.6 Å². The quantitative estimate of drug-likeness (QED) is 0.900. The molecule has 1 fully saturated rings. The van der Waals surface area contributed by atoms with E-state index in [0.717, 1.165) is 18.5 Å². The first-order valence-electron chi connectivity index (χ1n) is 6.93. The molecule has 2 heterocycles. The highest BCUT2D eigenvalue weighted by Gasteiger charge is 2.28. The lowest BCUT2D eigenvalue weighted by Crippen LogP contribution is -2.41. The number of likely N-dealkylation sites (tertiary alicyclic amines) is 1. The number of carbonyl (C=O) groups is 1. The Morgan fingerprint density at radius 3 is 2.65 bits per heavy atom. The first-order chi connectivity index (χ1) is 9.39. The summed E-state index contributed by atoms with van der Waals surface area (Å²) in [5.41, 5.74) is 0.397. The molecule has 20 heavy (non-hydrogen) atoms.